The first-order chi connectivity index (χ1) is 11.3. The molecule has 0 aromatic heterocycles. The van der Waals surface area contributed by atoms with Crippen molar-refractivity contribution in [2.75, 3.05) is 0 Å². The second-order valence-electron chi connectivity index (χ2n) is 5.19. The summed E-state index contributed by atoms with van der Waals surface area (Å²) in [6, 6.07) is 10.8. The standard InChI is InChI=1S/C16H11Cl2NO4S/c17-13-6-3-10(7-14(13)18)15-12(8-23-16(15)20)9-1-4-11(5-2-9)24(19,21)22/h1-8,15H,(H2,19,21,22). The van der Waals surface area contributed by atoms with Gasteiger partial charge >= 0.3 is 5.97 Å². The van der Waals surface area contributed by atoms with Gasteiger partial charge in [-0.3, -0.25) is 4.79 Å². The predicted octanol–water partition coefficient (Wildman–Crippen LogP) is 3.32. The molecule has 1 aliphatic heterocycles. The van der Waals surface area contributed by atoms with Gasteiger partial charge in [0.05, 0.1) is 21.2 Å². The summed E-state index contributed by atoms with van der Waals surface area (Å²) in [5.41, 5.74) is 1.87. The summed E-state index contributed by atoms with van der Waals surface area (Å²) in [5, 5.41) is 5.80. The molecule has 0 saturated carbocycles. The number of primary sulfonamides is 1. The topological polar surface area (TPSA) is 86.5 Å². The van der Waals surface area contributed by atoms with Crippen LogP contribution in [-0.4, -0.2) is 14.4 Å². The van der Waals surface area contributed by atoms with E-state index in [9.17, 15) is 13.2 Å². The Hall–Kier alpha value is -1.86. The third-order valence-corrected chi connectivity index (χ3v) is 5.31. The number of carbonyl (C=O) groups excluding carboxylic acids is 1. The van der Waals surface area contributed by atoms with Crippen LogP contribution in [0.5, 0.6) is 0 Å². The molecule has 1 heterocycles. The zero-order chi connectivity index (χ0) is 17.5. The van der Waals surface area contributed by atoms with Crippen LogP contribution in [-0.2, 0) is 19.6 Å². The van der Waals surface area contributed by atoms with Gasteiger partial charge in [0, 0.05) is 5.57 Å². The minimum absolute atomic E-state index is 0.0109. The van der Waals surface area contributed by atoms with Gasteiger partial charge in [-0.25, -0.2) is 13.6 Å². The zero-order valence-corrected chi connectivity index (χ0v) is 14.4. The summed E-state index contributed by atoms with van der Waals surface area (Å²) in [6.45, 7) is 0. The van der Waals surface area contributed by atoms with E-state index in [-0.39, 0.29) is 4.90 Å². The van der Waals surface area contributed by atoms with Crippen molar-refractivity contribution in [3.05, 3.63) is 69.9 Å². The van der Waals surface area contributed by atoms with Crippen molar-refractivity contribution in [2.45, 2.75) is 10.8 Å². The van der Waals surface area contributed by atoms with Crippen molar-refractivity contribution in [3.63, 3.8) is 0 Å². The van der Waals surface area contributed by atoms with Gasteiger partial charge in [-0.15, -0.1) is 0 Å². The molecule has 0 fully saturated rings. The Morgan fingerprint density at radius 1 is 1.00 bits per heavy atom. The highest BCUT2D eigenvalue weighted by molar-refractivity contribution is 7.89. The number of halogens is 2. The fourth-order valence-corrected chi connectivity index (χ4v) is 3.29. The van der Waals surface area contributed by atoms with Crippen LogP contribution in [0.1, 0.15) is 17.0 Å². The van der Waals surface area contributed by atoms with Crippen LogP contribution >= 0.6 is 23.2 Å². The Morgan fingerprint density at radius 3 is 2.25 bits per heavy atom. The van der Waals surface area contributed by atoms with Crippen LogP contribution in [0.4, 0.5) is 0 Å². The number of cyclic esters (lactones) is 1. The lowest BCUT2D eigenvalue weighted by molar-refractivity contribution is -0.136. The van der Waals surface area contributed by atoms with E-state index in [0.29, 0.717) is 26.7 Å². The minimum atomic E-state index is -3.78. The maximum Gasteiger partial charge on any atom is 0.322 e. The maximum atomic E-state index is 12.1. The summed E-state index contributed by atoms with van der Waals surface area (Å²) in [4.78, 5) is 12.1. The van der Waals surface area contributed by atoms with Crippen LogP contribution < -0.4 is 5.14 Å². The summed E-state index contributed by atoms with van der Waals surface area (Å²) < 4.78 is 27.7. The van der Waals surface area contributed by atoms with E-state index in [4.69, 9.17) is 33.1 Å². The Morgan fingerprint density at radius 2 is 1.67 bits per heavy atom. The molecule has 3 rings (SSSR count). The second kappa shape index (κ2) is 6.22. The molecular weight excluding hydrogens is 373 g/mol. The second-order valence-corrected chi connectivity index (χ2v) is 7.56. The molecule has 2 N–H and O–H groups in total. The molecule has 2 aromatic carbocycles. The highest BCUT2D eigenvalue weighted by Gasteiger charge is 2.33. The molecule has 0 amide bonds. The molecule has 5 nitrogen and oxygen atoms in total. The van der Waals surface area contributed by atoms with Crippen molar-refractivity contribution in [2.24, 2.45) is 5.14 Å². The van der Waals surface area contributed by atoms with Crippen molar-refractivity contribution in [1.29, 1.82) is 0 Å². The first kappa shape index (κ1) is 17.0. The monoisotopic (exact) mass is 383 g/mol. The Balaban J connectivity index is 2.00. The molecule has 0 radical (unpaired) electrons. The van der Waals surface area contributed by atoms with E-state index in [2.05, 4.69) is 0 Å². The number of ether oxygens (including phenoxy) is 1. The van der Waals surface area contributed by atoms with E-state index >= 15 is 0 Å². The van der Waals surface area contributed by atoms with Gasteiger partial charge in [-0.2, -0.15) is 0 Å². The highest BCUT2D eigenvalue weighted by Crippen LogP contribution is 2.39. The van der Waals surface area contributed by atoms with E-state index in [0.717, 1.165) is 0 Å². The fourth-order valence-electron chi connectivity index (χ4n) is 2.46. The molecule has 1 atom stereocenters. The average molecular weight is 384 g/mol. The number of carbonyl (C=O) groups is 1. The van der Waals surface area contributed by atoms with E-state index in [1.165, 1.54) is 18.4 Å². The van der Waals surface area contributed by atoms with Crippen LogP contribution in [0.2, 0.25) is 10.0 Å². The summed E-state index contributed by atoms with van der Waals surface area (Å²) in [7, 11) is -3.78. The summed E-state index contributed by atoms with van der Waals surface area (Å²) >= 11 is 11.9. The Kier molecular flexibility index (Phi) is 4.40. The fraction of sp³-hybridized carbons (Fsp3) is 0.0625. The molecule has 1 aliphatic rings. The maximum absolute atomic E-state index is 12.1. The first-order valence-electron chi connectivity index (χ1n) is 6.76. The van der Waals surface area contributed by atoms with Crippen molar-refractivity contribution in [3.8, 4) is 0 Å². The van der Waals surface area contributed by atoms with E-state index in [1.807, 2.05) is 0 Å². The first-order valence-corrected chi connectivity index (χ1v) is 9.06. The van der Waals surface area contributed by atoms with Gasteiger partial charge in [-0.1, -0.05) is 41.4 Å². The lowest BCUT2D eigenvalue weighted by Gasteiger charge is -2.13. The van der Waals surface area contributed by atoms with Crippen LogP contribution in [0.25, 0.3) is 5.57 Å². The van der Waals surface area contributed by atoms with Crippen molar-refractivity contribution >= 4 is 44.8 Å². The normalized spacial score (nSPS) is 17.5. The molecule has 1 unspecified atom stereocenters. The Bertz CT molecular complexity index is 953. The SMILES string of the molecule is NS(=O)(=O)c1ccc(C2=COC(=O)C2c2ccc(Cl)c(Cl)c2)cc1. The summed E-state index contributed by atoms with van der Waals surface area (Å²) in [6.07, 6.45) is 1.35. The number of rotatable bonds is 3. The lowest BCUT2D eigenvalue weighted by Crippen LogP contribution is -2.12. The number of hydrogen-bond acceptors (Lipinski definition) is 4. The molecule has 0 saturated heterocycles. The van der Waals surface area contributed by atoms with E-state index < -0.39 is 21.9 Å². The number of sulfonamides is 1. The van der Waals surface area contributed by atoms with Crippen LogP contribution in [0.15, 0.2) is 53.6 Å². The van der Waals surface area contributed by atoms with E-state index in [1.54, 1.807) is 30.3 Å². The average Bonchev–Trinajstić information content (AvgIpc) is 2.91. The van der Waals surface area contributed by atoms with Crippen molar-refractivity contribution in [1.82, 2.24) is 0 Å². The minimum Gasteiger partial charge on any atom is -0.433 e. The molecule has 8 heteroatoms. The largest absolute Gasteiger partial charge is 0.433 e. The van der Waals surface area contributed by atoms with Crippen LogP contribution in [0, 0.1) is 0 Å². The molecular formula is C16H11Cl2NO4S. The Labute approximate surface area is 148 Å². The molecule has 0 bridgehead atoms. The number of benzene rings is 2. The quantitative estimate of drug-likeness (QED) is 0.823. The smallest absolute Gasteiger partial charge is 0.322 e. The van der Waals surface area contributed by atoms with Gasteiger partial charge in [0.25, 0.3) is 0 Å². The molecule has 124 valence electrons. The van der Waals surface area contributed by atoms with Gasteiger partial charge in [0.15, 0.2) is 0 Å². The van der Waals surface area contributed by atoms with Crippen molar-refractivity contribution < 1.29 is 17.9 Å². The van der Waals surface area contributed by atoms with Gasteiger partial charge in [0.1, 0.15) is 5.92 Å². The number of nitrogens with two attached hydrogens (primary N) is 1. The predicted molar refractivity (Wildman–Crippen MR) is 91.1 cm³/mol. The molecule has 0 aliphatic carbocycles. The van der Waals surface area contributed by atoms with Gasteiger partial charge < -0.3 is 4.74 Å². The summed E-state index contributed by atoms with van der Waals surface area (Å²) in [5.74, 6) is -1.11. The number of hydrogen-bond donors (Lipinski definition) is 1. The molecule has 2 aromatic rings. The molecule has 24 heavy (non-hydrogen) atoms. The lowest BCUT2D eigenvalue weighted by atomic mass is 9.89. The number of esters is 1. The zero-order valence-electron chi connectivity index (χ0n) is 12.1. The highest BCUT2D eigenvalue weighted by atomic mass is 35.5. The van der Waals surface area contributed by atoms with Crippen LogP contribution in [0.3, 0.4) is 0 Å². The van der Waals surface area contributed by atoms with Gasteiger partial charge in [0.2, 0.25) is 10.0 Å². The molecule has 0 spiro atoms. The third-order valence-electron chi connectivity index (χ3n) is 3.64. The van der Waals surface area contributed by atoms with Gasteiger partial charge in [-0.05, 0) is 35.4 Å². The third kappa shape index (κ3) is 3.18.